The zero-order chi connectivity index (χ0) is 12.2. The summed E-state index contributed by atoms with van der Waals surface area (Å²) in [5.41, 5.74) is 2.82. The summed E-state index contributed by atoms with van der Waals surface area (Å²) in [5.74, 6) is 0. The van der Waals surface area contributed by atoms with Crippen LogP contribution in [0.4, 0.5) is 5.69 Å². The lowest BCUT2D eigenvalue weighted by molar-refractivity contribution is 0.570. The number of pyridine rings is 1. The lowest BCUT2D eigenvalue weighted by atomic mass is 9.89. The van der Waals surface area contributed by atoms with E-state index in [1.807, 2.05) is 6.07 Å². The Balaban J connectivity index is 3.43. The van der Waals surface area contributed by atoms with Crippen LogP contribution in [0, 0.1) is 0 Å². The lowest BCUT2D eigenvalue weighted by Gasteiger charge is -2.20. The van der Waals surface area contributed by atoms with Crippen molar-refractivity contribution in [1.82, 2.24) is 4.98 Å². The summed E-state index contributed by atoms with van der Waals surface area (Å²) in [6, 6.07) is 1.91. The minimum atomic E-state index is -0.0349. The quantitative estimate of drug-likeness (QED) is 0.700. The molecule has 0 bridgehead atoms. The number of rotatable bonds is 3. The molecule has 2 heteroatoms. The van der Waals surface area contributed by atoms with Gasteiger partial charge in [0, 0.05) is 23.4 Å². The lowest BCUT2D eigenvalue weighted by Crippen LogP contribution is -2.14. The molecule has 0 unspecified atom stereocenters. The van der Waals surface area contributed by atoms with Crippen LogP contribution in [0.15, 0.2) is 36.5 Å². The van der Waals surface area contributed by atoms with Crippen molar-refractivity contribution in [3.8, 4) is 0 Å². The van der Waals surface area contributed by atoms with E-state index in [1.165, 1.54) is 0 Å². The normalized spacial score (nSPS) is 11.7. The van der Waals surface area contributed by atoms with Crippen molar-refractivity contribution in [1.29, 1.82) is 0 Å². The van der Waals surface area contributed by atoms with Crippen LogP contribution in [0.25, 0.3) is 6.08 Å². The topological polar surface area (TPSA) is 25.2 Å². The first-order valence-corrected chi connectivity index (χ1v) is 5.27. The van der Waals surface area contributed by atoms with Crippen molar-refractivity contribution in [2.75, 3.05) is 0 Å². The third-order valence-corrected chi connectivity index (χ3v) is 2.19. The first-order chi connectivity index (χ1) is 7.50. The van der Waals surface area contributed by atoms with E-state index in [1.54, 1.807) is 24.6 Å². The van der Waals surface area contributed by atoms with Gasteiger partial charge in [0.25, 0.3) is 0 Å². The van der Waals surface area contributed by atoms with E-state index >= 15 is 0 Å². The average molecular weight is 214 g/mol. The Labute approximate surface area is 97.5 Å². The molecule has 0 saturated carbocycles. The van der Waals surface area contributed by atoms with Crippen LogP contribution >= 0.6 is 0 Å². The molecule has 1 heterocycles. The van der Waals surface area contributed by atoms with E-state index in [2.05, 4.69) is 43.9 Å². The standard InChI is InChI=1S/C14H18N2/c1-6-9-15-12-11(7-2)8-10-16-13(12)14(3,4)5/h6-10H,1-2H2,3-5H3. The molecule has 0 aromatic carbocycles. The van der Waals surface area contributed by atoms with Crippen molar-refractivity contribution < 1.29 is 0 Å². The Bertz CT molecular complexity index is 423. The fourth-order valence-corrected chi connectivity index (χ4v) is 1.45. The van der Waals surface area contributed by atoms with E-state index in [-0.39, 0.29) is 5.41 Å². The second-order valence-electron chi connectivity index (χ2n) is 4.57. The molecule has 0 amide bonds. The van der Waals surface area contributed by atoms with Gasteiger partial charge in [0.2, 0.25) is 0 Å². The largest absolute Gasteiger partial charge is 0.258 e. The SMILES string of the molecule is C=CC=Nc1c(C=C)ccnc1C(C)(C)C. The molecule has 16 heavy (non-hydrogen) atoms. The van der Waals surface area contributed by atoms with Gasteiger partial charge in [0.15, 0.2) is 0 Å². The number of hydrogen-bond acceptors (Lipinski definition) is 2. The Morgan fingerprint density at radius 2 is 2.00 bits per heavy atom. The Morgan fingerprint density at radius 3 is 2.50 bits per heavy atom. The summed E-state index contributed by atoms with van der Waals surface area (Å²) in [6.07, 6.45) is 6.93. The molecule has 1 rings (SSSR count). The maximum atomic E-state index is 4.42. The van der Waals surface area contributed by atoms with E-state index in [0.717, 1.165) is 16.9 Å². The van der Waals surface area contributed by atoms with E-state index in [9.17, 15) is 0 Å². The van der Waals surface area contributed by atoms with Gasteiger partial charge in [0.05, 0.1) is 11.4 Å². The van der Waals surface area contributed by atoms with Crippen LogP contribution < -0.4 is 0 Å². The fraction of sp³-hybridized carbons (Fsp3) is 0.286. The maximum Gasteiger partial charge on any atom is 0.0922 e. The van der Waals surface area contributed by atoms with Crippen LogP contribution in [-0.2, 0) is 5.41 Å². The van der Waals surface area contributed by atoms with Gasteiger partial charge in [0.1, 0.15) is 0 Å². The summed E-state index contributed by atoms with van der Waals surface area (Å²) < 4.78 is 0. The molecule has 0 spiro atoms. The molecule has 2 nitrogen and oxygen atoms in total. The first kappa shape index (κ1) is 12.4. The van der Waals surface area contributed by atoms with Gasteiger partial charge in [-0.05, 0) is 6.07 Å². The van der Waals surface area contributed by atoms with Crippen LogP contribution in [0.5, 0.6) is 0 Å². The molecule has 1 aromatic rings. The van der Waals surface area contributed by atoms with Crippen LogP contribution in [0.1, 0.15) is 32.0 Å². The van der Waals surface area contributed by atoms with E-state index in [4.69, 9.17) is 0 Å². The number of aliphatic imine (C=N–C) groups is 1. The zero-order valence-electron chi connectivity index (χ0n) is 10.2. The summed E-state index contributed by atoms with van der Waals surface area (Å²) in [5, 5.41) is 0. The number of nitrogens with zero attached hydrogens (tertiary/aromatic N) is 2. The highest BCUT2D eigenvalue weighted by Gasteiger charge is 2.20. The molecule has 84 valence electrons. The highest BCUT2D eigenvalue weighted by atomic mass is 14.8. The van der Waals surface area contributed by atoms with Crippen molar-refractivity contribution in [3.05, 3.63) is 42.8 Å². The molecule has 0 aliphatic carbocycles. The van der Waals surface area contributed by atoms with Gasteiger partial charge in [-0.1, -0.05) is 46.1 Å². The first-order valence-electron chi connectivity index (χ1n) is 5.27. The van der Waals surface area contributed by atoms with Gasteiger partial charge in [-0.3, -0.25) is 9.98 Å². The van der Waals surface area contributed by atoms with Crippen molar-refractivity contribution in [3.63, 3.8) is 0 Å². The highest BCUT2D eigenvalue weighted by Crippen LogP contribution is 2.32. The van der Waals surface area contributed by atoms with Gasteiger partial charge in [-0.25, -0.2) is 0 Å². The Morgan fingerprint density at radius 1 is 1.31 bits per heavy atom. The monoisotopic (exact) mass is 214 g/mol. The minimum Gasteiger partial charge on any atom is -0.258 e. The van der Waals surface area contributed by atoms with E-state index < -0.39 is 0 Å². The molecule has 0 radical (unpaired) electrons. The van der Waals surface area contributed by atoms with Gasteiger partial charge >= 0.3 is 0 Å². The Kier molecular flexibility index (Phi) is 3.78. The number of allylic oxidation sites excluding steroid dienone is 1. The fourth-order valence-electron chi connectivity index (χ4n) is 1.45. The van der Waals surface area contributed by atoms with Crippen LogP contribution in [0.2, 0.25) is 0 Å². The molecule has 0 aliphatic heterocycles. The number of hydrogen-bond donors (Lipinski definition) is 0. The molecule has 0 saturated heterocycles. The van der Waals surface area contributed by atoms with Gasteiger partial charge in [-0.15, -0.1) is 0 Å². The summed E-state index contributed by atoms with van der Waals surface area (Å²) >= 11 is 0. The molecule has 0 N–H and O–H groups in total. The van der Waals surface area contributed by atoms with Gasteiger partial charge < -0.3 is 0 Å². The molecule has 1 aromatic heterocycles. The Hall–Kier alpha value is -1.70. The molecule has 0 aliphatic rings. The highest BCUT2D eigenvalue weighted by molar-refractivity contribution is 5.77. The molecule has 0 fully saturated rings. The third-order valence-electron chi connectivity index (χ3n) is 2.19. The predicted octanol–water partition coefficient (Wildman–Crippen LogP) is 3.91. The molecule has 0 atom stereocenters. The third kappa shape index (κ3) is 2.66. The molecular formula is C14H18N2. The molecular weight excluding hydrogens is 196 g/mol. The van der Waals surface area contributed by atoms with Crippen molar-refractivity contribution in [2.24, 2.45) is 4.99 Å². The maximum absolute atomic E-state index is 4.42. The minimum absolute atomic E-state index is 0.0349. The van der Waals surface area contributed by atoms with E-state index in [0.29, 0.717) is 0 Å². The number of aromatic nitrogens is 1. The zero-order valence-corrected chi connectivity index (χ0v) is 10.2. The smallest absolute Gasteiger partial charge is 0.0922 e. The summed E-state index contributed by atoms with van der Waals surface area (Å²) in [7, 11) is 0. The second-order valence-corrected chi connectivity index (χ2v) is 4.57. The summed E-state index contributed by atoms with van der Waals surface area (Å²) in [4.78, 5) is 8.80. The predicted molar refractivity (Wildman–Crippen MR) is 71.4 cm³/mol. The second kappa shape index (κ2) is 4.88. The van der Waals surface area contributed by atoms with Gasteiger partial charge in [-0.2, -0.15) is 0 Å². The summed E-state index contributed by atoms with van der Waals surface area (Å²) in [6.45, 7) is 13.8. The van der Waals surface area contributed by atoms with Crippen molar-refractivity contribution >= 4 is 18.0 Å². The van der Waals surface area contributed by atoms with Crippen LogP contribution in [0.3, 0.4) is 0 Å². The van der Waals surface area contributed by atoms with Crippen molar-refractivity contribution in [2.45, 2.75) is 26.2 Å². The average Bonchev–Trinajstić information content (AvgIpc) is 2.24. The van der Waals surface area contributed by atoms with Crippen LogP contribution in [-0.4, -0.2) is 11.2 Å².